The Labute approximate surface area is 95.4 Å². The van der Waals surface area contributed by atoms with Crippen molar-refractivity contribution in [2.24, 2.45) is 10.8 Å². The molecule has 0 spiro atoms. The minimum atomic E-state index is -0.696. The van der Waals surface area contributed by atoms with E-state index < -0.39 is 6.03 Å². The molecule has 0 radical (unpaired) electrons. The number of ether oxygens (including phenoxy) is 1. The molecule has 80 valence electrons. The van der Waals surface area contributed by atoms with Gasteiger partial charge >= 0.3 is 6.03 Å². The second-order valence-electron chi connectivity index (χ2n) is 2.63. The number of halogens is 1. The number of methoxy groups -OCH3 is 1. The number of nitrogens with two attached hydrogens (primary N) is 1. The summed E-state index contributed by atoms with van der Waals surface area (Å²) in [5.74, 6) is 0.731. The number of hydrazone groups is 1. The van der Waals surface area contributed by atoms with Crippen LogP contribution in [0, 0.1) is 0 Å². The molecule has 0 fully saturated rings. The van der Waals surface area contributed by atoms with Crippen LogP contribution in [0.5, 0.6) is 5.75 Å². The Kier molecular flexibility index (Phi) is 4.11. The third-order valence-electron chi connectivity index (χ3n) is 1.56. The van der Waals surface area contributed by atoms with E-state index in [-0.39, 0.29) is 0 Å². The van der Waals surface area contributed by atoms with Crippen molar-refractivity contribution in [3.63, 3.8) is 0 Å². The largest absolute Gasteiger partial charge is 0.496 e. The number of primary amides is 1. The molecule has 1 rings (SSSR count). The molecule has 6 heteroatoms. The van der Waals surface area contributed by atoms with E-state index in [0.29, 0.717) is 0 Å². The van der Waals surface area contributed by atoms with Gasteiger partial charge in [0.05, 0.1) is 17.8 Å². The van der Waals surface area contributed by atoms with E-state index in [1.807, 2.05) is 6.07 Å². The van der Waals surface area contributed by atoms with Crippen molar-refractivity contribution in [2.45, 2.75) is 0 Å². The van der Waals surface area contributed by atoms with Gasteiger partial charge in [-0.05, 0) is 39.7 Å². The fraction of sp³-hybridized carbons (Fsp3) is 0.111. The Balaban J connectivity index is 2.75. The Morgan fingerprint density at radius 2 is 2.40 bits per heavy atom. The molecule has 5 nitrogen and oxygen atoms in total. The van der Waals surface area contributed by atoms with Crippen molar-refractivity contribution in [2.75, 3.05) is 7.11 Å². The van der Waals surface area contributed by atoms with Gasteiger partial charge in [0.25, 0.3) is 0 Å². The van der Waals surface area contributed by atoms with Gasteiger partial charge in [0.1, 0.15) is 5.75 Å². The molecule has 0 atom stereocenters. The van der Waals surface area contributed by atoms with Gasteiger partial charge in [-0.1, -0.05) is 0 Å². The Bertz CT molecular complexity index is 393. The van der Waals surface area contributed by atoms with Crippen LogP contribution in [0.25, 0.3) is 0 Å². The van der Waals surface area contributed by atoms with Crippen LogP contribution in [0.4, 0.5) is 4.79 Å². The molecule has 0 saturated heterocycles. The van der Waals surface area contributed by atoms with E-state index in [1.54, 1.807) is 19.2 Å². The summed E-state index contributed by atoms with van der Waals surface area (Å²) in [5, 5.41) is 3.63. The highest BCUT2D eigenvalue weighted by Gasteiger charge is 1.99. The topological polar surface area (TPSA) is 76.7 Å². The zero-order chi connectivity index (χ0) is 11.3. The van der Waals surface area contributed by atoms with Crippen LogP contribution >= 0.6 is 15.9 Å². The zero-order valence-electron chi connectivity index (χ0n) is 8.03. The predicted octanol–water partition coefficient (Wildman–Crippen LogP) is 1.46. The van der Waals surface area contributed by atoms with Crippen LogP contribution in [0.15, 0.2) is 27.8 Å². The summed E-state index contributed by atoms with van der Waals surface area (Å²) in [7, 11) is 1.59. The van der Waals surface area contributed by atoms with Crippen molar-refractivity contribution >= 4 is 28.2 Å². The maximum atomic E-state index is 10.3. The normalized spacial score (nSPS) is 10.3. The van der Waals surface area contributed by atoms with E-state index in [2.05, 4.69) is 26.5 Å². The van der Waals surface area contributed by atoms with Gasteiger partial charge in [-0.25, -0.2) is 10.2 Å². The lowest BCUT2D eigenvalue weighted by atomic mass is 10.2. The van der Waals surface area contributed by atoms with Gasteiger partial charge in [-0.15, -0.1) is 0 Å². The lowest BCUT2D eigenvalue weighted by Gasteiger charge is -2.02. The van der Waals surface area contributed by atoms with Crippen LogP contribution < -0.4 is 15.9 Å². The van der Waals surface area contributed by atoms with Crippen LogP contribution in [-0.4, -0.2) is 19.4 Å². The Morgan fingerprint density at radius 3 is 2.93 bits per heavy atom. The summed E-state index contributed by atoms with van der Waals surface area (Å²) in [6, 6.07) is 4.70. The molecule has 3 N–H and O–H groups in total. The first-order valence-corrected chi connectivity index (χ1v) is 4.85. The molecular weight excluding hydrogens is 262 g/mol. The number of benzene rings is 1. The van der Waals surface area contributed by atoms with E-state index >= 15 is 0 Å². The first-order chi connectivity index (χ1) is 7.13. The van der Waals surface area contributed by atoms with Crippen molar-refractivity contribution in [1.29, 1.82) is 0 Å². The van der Waals surface area contributed by atoms with Gasteiger partial charge in [0.15, 0.2) is 0 Å². The fourth-order valence-electron chi connectivity index (χ4n) is 0.933. The SMILES string of the molecule is COc1ccc(/C=N/NC(N)=O)cc1Br. The molecule has 0 unspecified atom stereocenters. The lowest BCUT2D eigenvalue weighted by molar-refractivity contribution is 0.249. The minimum Gasteiger partial charge on any atom is -0.496 e. The smallest absolute Gasteiger partial charge is 0.332 e. The maximum absolute atomic E-state index is 10.3. The summed E-state index contributed by atoms with van der Waals surface area (Å²) in [5.41, 5.74) is 7.76. The third-order valence-corrected chi connectivity index (χ3v) is 2.18. The molecule has 0 heterocycles. The molecule has 0 bridgehead atoms. The predicted molar refractivity (Wildman–Crippen MR) is 61.0 cm³/mol. The highest BCUT2D eigenvalue weighted by molar-refractivity contribution is 9.10. The van der Waals surface area contributed by atoms with Crippen molar-refractivity contribution < 1.29 is 9.53 Å². The minimum absolute atomic E-state index is 0.696. The molecule has 0 aromatic heterocycles. The highest BCUT2D eigenvalue weighted by atomic mass is 79.9. The Morgan fingerprint density at radius 1 is 1.67 bits per heavy atom. The third kappa shape index (κ3) is 3.59. The van der Waals surface area contributed by atoms with Crippen molar-refractivity contribution in [1.82, 2.24) is 5.43 Å². The van der Waals surface area contributed by atoms with Gasteiger partial charge in [-0.2, -0.15) is 5.10 Å². The molecule has 2 amide bonds. The number of hydrogen-bond donors (Lipinski definition) is 2. The lowest BCUT2D eigenvalue weighted by Crippen LogP contribution is -2.24. The zero-order valence-corrected chi connectivity index (χ0v) is 9.61. The van der Waals surface area contributed by atoms with Crippen molar-refractivity contribution in [3.05, 3.63) is 28.2 Å². The molecule has 0 aliphatic carbocycles. The summed E-state index contributed by atoms with van der Waals surface area (Å²) < 4.78 is 5.87. The Hall–Kier alpha value is -1.56. The van der Waals surface area contributed by atoms with E-state index in [9.17, 15) is 4.79 Å². The molecule has 0 aliphatic rings. The number of nitrogens with one attached hydrogen (secondary N) is 1. The van der Waals surface area contributed by atoms with Crippen LogP contribution in [0.2, 0.25) is 0 Å². The first kappa shape index (κ1) is 11.5. The standard InChI is InChI=1S/C9H10BrN3O2/c1-15-8-3-2-6(4-7(8)10)5-12-13-9(11)14/h2-5H,1H3,(H3,11,13,14)/b12-5+. The van der Waals surface area contributed by atoms with Crippen LogP contribution in [0.1, 0.15) is 5.56 Å². The number of urea groups is 1. The molecule has 15 heavy (non-hydrogen) atoms. The average molecular weight is 272 g/mol. The quantitative estimate of drug-likeness (QED) is 0.645. The molecule has 1 aromatic rings. The summed E-state index contributed by atoms with van der Waals surface area (Å²) in [6.45, 7) is 0. The second-order valence-corrected chi connectivity index (χ2v) is 3.48. The summed E-state index contributed by atoms with van der Waals surface area (Å²) in [4.78, 5) is 10.3. The molecule has 1 aromatic carbocycles. The van der Waals surface area contributed by atoms with Gasteiger partial charge in [0, 0.05) is 0 Å². The number of rotatable bonds is 3. The van der Waals surface area contributed by atoms with E-state index in [0.717, 1.165) is 15.8 Å². The number of carbonyl (C=O) groups is 1. The number of amides is 2. The molecular formula is C9H10BrN3O2. The van der Waals surface area contributed by atoms with Gasteiger partial charge < -0.3 is 10.5 Å². The van der Waals surface area contributed by atoms with Gasteiger partial charge in [0.2, 0.25) is 0 Å². The van der Waals surface area contributed by atoms with E-state index in [1.165, 1.54) is 6.21 Å². The second kappa shape index (κ2) is 5.35. The van der Waals surface area contributed by atoms with E-state index in [4.69, 9.17) is 10.5 Å². The molecule has 0 saturated carbocycles. The number of nitrogens with zero attached hydrogens (tertiary/aromatic N) is 1. The first-order valence-electron chi connectivity index (χ1n) is 4.05. The van der Waals surface area contributed by atoms with Crippen LogP contribution in [0.3, 0.4) is 0 Å². The molecule has 0 aliphatic heterocycles. The monoisotopic (exact) mass is 271 g/mol. The average Bonchev–Trinajstić information content (AvgIpc) is 2.17. The fourth-order valence-corrected chi connectivity index (χ4v) is 1.49. The van der Waals surface area contributed by atoms with Gasteiger partial charge in [-0.3, -0.25) is 0 Å². The summed E-state index contributed by atoms with van der Waals surface area (Å²) >= 11 is 3.33. The number of carbonyl (C=O) groups excluding carboxylic acids is 1. The summed E-state index contributed by atoms with van der Waals surface area (Å²) in [6.07, 6.45) is 1.48. The van der Waals surface area contributed by atoms with Crippen molar-refractivity contribution in [3.8, 4) is 5.75 Å². The highest BCUT2D eigenvalue weighted by Crippen LogP contribution is 2.24. The number of hydrogen-bond acceptors (Lipinski definition) is 3. The van der Waals surface area contributed by atoms with Crippen LogP contribution in [-0.2, 0) is 0 Å². The maximum Gasteiger partial charge on any atom is 0.332 e.